The highest BCUT2D eigenvalue weighted by Crippen LogP contribution is 2.22. The summed E-state index contributed by atoms with van der Waals surface area (Å²) in [7, 11) is 0. The fourth-order valence-electron chi connectivity index (χ4n) is 2.09. The number of amides is 1. The highest BCUT2D eigenvalue weighted by atomic mass is 16.2. The summed E-state index contributed by atoms with van der Waals surface area (Å²) in [6.07, 6.45) is 3.46. The summed E-state index contributed by atoms with van der Waals surface area (Å²) in [4.78, 5) is 13.7. The zero-order valence-corrected chi connectivity index (χ0v) is 8.79. The zero-order valence-electron chi connectivity index (χ0n) is 8.79. The van der Waals surface area contributed by atoms with Gasteiger partial charge in [-0.05, 0) is 40.0 Å². The second kappa shape index (κ2) is 4.09. The van der Waals surface area contributed by atoms with Crippen molar-refractivity contribution in [3.63, 3.8) is 0 Å². The average molecular weight is 184 g/mol. The molecular formula is C10H20N2O. The van der Waals surface area contributed by atoms with Crippen molar-refractivity contribution in [2.75, 3.05) is 0 Å². The maximum absolute atomic E-state index is 11.7. The Hall–Kier alpha value is -0.570. The van der Waals surface area contributed by atoms with Crippen molar-refractivity contribution in [2.45, 2.75) is 58.2 Å². The van der Waals surface area contributed by atoms with Gasteiger partial charge in [0.2, 0.25) is 5.91 Å². The van der Waals surface area contributed by atoms with Crippen molar-refractivity contribution in [3.05, 3.63) is 0 Å². The second-order valence-electron chi connectivity index (χ2n) is 4.16. The molecule has 1 fully saturated rings. The summed E-state index contributed by atoms with van der Waals surface area (Å²) in [6, 6.07) is 0.368. The molecule has 1 saturated heterocycles. The Labute approximate surface area is 80.3 Å². The van der Waals surface area contributed by atoms with Gasteiger partial charge in [0.15, 0.2) is 0 Å². The normalized spacial score (nSPS) is 31.5. The van der Waals surface area contributed by atoms with Crippen molar-refractivity contribution in [2.24, 2.45) is 5.73 Å². The van der Waals surface area contributed by atoms with Crippen LogP contribution in [0.4, 0.5) is 0 Å². The van der Waals surface area contributed by atoms with E-state index in [1.54, 1.807) is 6.92 Å². The lowest BCUT2D eigenvalue weighted by atomic mass is 9.97. The maximum Gasteiger partial charge on any atom is 0.239 e. The van der Waals surface area contributed by atoms with Crippen LogP contribution in [0.25, 0.3) is 0 Å². The topological polar surface area (TPSA) is 46.3 Å². The smallest absolute Gasteiger partial charge is 0.239 e. The lowest BCUT2D eigenvalue weighted by Crippen LogP contribution is -2.52. The number of rotatable bonds is 1. The van der Waals surface area contributed by atoms with Gasteiger partial charge >= 0.3 is 0 Å². The molecule has 13 heavy (non-hydrogen) atoms. The second-order valence-corrected chi connectivity index (χ2v) is 4.16. The number of hydrogen-bond donors (Lipinski definition) is 1. The molecule has 76 valence electrons. The first-order valence-corrected chi connectivity index (χ1v) is 5.11. The standard InChI is InChI=1S/C10H20N2O/c1-7-5-4-6-8(2)12(7)10(13)9(3)11/h7-9H,4-6,11H2,1-3H3/t7-,8+,9-/m1/s1. The predicted octanol–water partition coefficient (Wildman–Crippen LogP) is 1.12. The number of likely N-dealkylation sites (tertiary alicyclic amines) is 1. The van der Waals surface area contributed by atoms with Crippen molar-refractivity contribution < 1.29 is 4.79 Å². The Morgan fingerprint density at radius 1 is 1.38 bits per heavy atom. The molecule has 1 heterocycles. The quantitative estimate of drug-likeness (QED) is 0.664. The largest absolute Gasteiger partial charge is 0.336 e. The monoisotopic (exact) mass is 184 g/mol. The molecule has 3 heteroatoms. The molecule has 1 rings (SSSR count). The van der Waals surface area contributed by atoms with Gasteiger partial charge in [0.05, 0.1) is 6.04 Å². The molecule has 0 aromatic heterocycles. The third-order valence-corrected chi connectivity index (χ3v) is 2.84. The maximum atomic E-state index is 11.7. The van der Waals surface area contributed by atoms with E-state index >= 15 is 0 Å². The molecule has 1 aliphatic heterocycles. The van der Waals surface area contributed by atoms with E-state index in [-0.39, 0.29) is 11.9 Å². The molecule has 0 aromatic rings. The summed E-state index contributed by atoms with van der Waals surface area (Å²) in [5.41, 5.74) is 5.60. The lowest BCUT2D eigenvalue weighted by Gasteiger charge is -2.40. The summed E-state index contributed by atoms with van der Waals surface area (Å²) in [6.45, 7) is 5.97. The van der Waals surface area contributed by atoms with E-state index in [1.807, 2.05) is 4.90 Å². The van der Waals surface area contributed by atoms with Gasteiger partial charge in [-0.25, -0.2) is 0 Å². The van der Waals surface area contributed by atoms with Gasteiger partial charge in [0.25, 0.3) is 0 Å². The highest BCUT2D eigenvalue weighted by molar-refractivity contribution is 5.81. The van der Waals surface area contributed by atoms with Crippen LogP contribution < -0.4 is 5.73 Å². The highest BCUT2D eigenvalue weighted by Gasteiger charge is 2.30. The molecular weight excluding hydrogens is 164 g/mol. The van der Waals surface area contributed by atoms with Crippen LogP contribution in [0.5, 0.6) is 0 Å². The Kier molecular flexibility index (Phi) is 3.31. The van der Waals surface area contributed by atoms with Crippen molar-refractivity contribution >= 4 is 5.91 Å². The van der Waals surface area contributed by atoms with Gasteiger partial charge in [0, 0.05) is 12.1 Å². The van der Waals surface area contributed by atoms with Gasteiger partial charge in [0.1, 0.15) is 0 Å². The number of piperidine rings is 1. The molecule has 3 nitrogen and oxygen atoms in total. The molecule has 1 amide bonds. The molecule has 2 N–H and O–H groups in total. The fourth-order valence-corrected chi connectivity index (χ4v) is 2.09. The number of nitrogens with zero attached hydrogens (tertiary/aromatic N) is 1. The molecule has 0 radical (unpaired) electrons. The number of nitrogens with two attached hydrogens (primary N) is 1. The first-order chi connectivity index (χ1) is 6.04. The van der Waals surface area contributed by atoms with Crippen LogP contribution in [0, 0.1) is 0 Å². The third kappa shape index (κ3) is 2.21. The zero-order chi connectivity index (χ0) is 10.0. The number of carbonyl (C=O) groups is 1. The van der Waals surface area contributed by atoms with Gasteiger partial charge in [-0.1, -0.05) is 0 Å². The van der Waals surface area contributed by atoms with Crippen LogP contribution in [0.15, 0.2) is 0 Å². The Morgan fingerprint density at radius 2 is 1.85 bits per heavy atom. The lowest BCUT2D eigenvalue weighted by molar-refractivity contribution is -0.138. The van der Waals surface area contributed by atoms with E-state index in [2.05, 4.69) is 13.8 Å². The van der Waals surface area contributed by atoms with Crippen LogP contribution in [0.1, 0.15) is 40.0 Å². The van der Waals surface area contributed by atoms with E-state index in [4.69, 9.17) is 5.73 Å². The van der Waals surface area contributed by atoms with E-state index in [9.17, 15) is 4.79 Å². The third-order valence-electron chi connectivity index (χ3n) is 2.84. The van der Waals surface area contributed by atoms with Gasteiger partial charge in [-0.2, -0.15) is 0 Å². The van der Waals surface area contributed by atoms with Crippen LogP contribution in [0.3, 0.4) is 0 Å². The van der Waals surface area contributed by atoms with E-state index in [1.165, 1.54) is 6.42 Å². The molecule has 0 aliphatic carbocycles. The fraction of sp³-hybridized carbons (Fsp3) is 0.900. The minimum atomic E-state index is -0.358. The Bertz CT molecular complexity index is 181. The van der Waals surface area contributed by atoms with Crippen molar-refractivity contribution in [3.8, 4) is 0 Å². The summed E-state index contributed by atoms with van der Waals surface area (Å²) < 4.78 is 0. The number of hydrogen-bond acceptors (Lipinski definition) is 2. The van der Waals surface area contributed by atoms with E-state index in [0.29, 0.717) is 12.1 Å². The van der Waals surface area contributed by atoms with Gasteiger partial charge in [-0.15, -0.1) is 0 Å². The number of carbonyl (C=O) groups excluding carboxylic acids is 1. The molecule has 1 aliphatic rings. The first-order valence-electron chi connectivity index (χ1n) is 5.11. The van der Waals surface area contributed by atoms with Crippen LogP contribution in [-0.4, -0.2) is 28.9 Å². The minimum Gasteiger partial charge on any atom is -0.336 e. The van der Waals surface area contributed by atoms with Crippen LogP contribution >= 0.6 is 0 Å². The molecule has 3 atom stereocenters. The molecule has 0 bridgehead atoms. The Morgan fingerprint density at radius 3 is 2.23 bits per heavy atom. The molecule has 0 spiro atoms. The van der Waals surface area contributed by atoms with E-state index in [0.717, 1.165) is 12.8 Å². The summed E-state index contributed by atoms with van der Waals surface area (Å²) in [5.74, 6) is 0.0969. The van der Waals surface area contributed by atoms with Gasteiger partial charge in [-0.3, -0.25) is 4.79 Å². The van der Waals surface area contributed by atoms with Gasteiger partial charge < -0.3 is 10.6 Å². The van der Waals surface area contributed by atoms with E-state index < -0.39 is 0 Å². The molecule has 0 unspecified atom stereocenters. The van der Waals surface area contributed by atoms with Crippen LogP contribution in [-0.2, 0) is 4.79 Å². The van der Waals surface area contributed by atoms with Crippen LogP contribution in [0.2, 0.25) is 0 Å². The average Bonchev–Trinajstić information content (AvgIpc) is 2.03. The predicted molar refractivity (Wildman–Crippen MR) is 53.3 cm³/mol. The first kappa shape index (κ1) is 10.5. The Balaban J connectivity index is 2.68. The molecule has 0 saturated carbocycles. The van der Waals surface area contributed by atoms with Crippen molar-refractivity contribution in [1.29, 1.82) is 0 Å². The van der Waals surface area contributed by atoms with Crippen molar-refractivity contribution in [1.82, 2.24) is 4.90 Å². The summed E-state index contributed by atoms with van der Waals surface area (Å²) in [5, 5.41) is 0. The summed E-state index contributed by atoms with van der Waals surface area (Å²) >= 11 is 0. The molecule has 0 aromatic carbocycles. The minimum absolute atomic E-state index is 0.0969. The SMILES string of the molecule is C[C@@H]1CCC[C@H](C)N1C(=O)[C@@H](C)N.